The molecule has 0 bridgehead atoms. The third-order valence-corrected chi connectivity index (χ3v) is 5.79. The lowest BCUT2D eigenvalue weighted by molar-refractivity contribution is 0.572. The van der Waals surface area contributed by atoms with E-state index in [1.807, 2.05) is 41.8 Å². The number of piperazine rings is 1. The minimum absolute atomic E-state index is 0.159. The predicted octanol–water partition coefficient (Wildman–Crippen LogP) is 1.93. The van der Waals surface area contributed by atoms with Crippen LogP contribution in [0.1, 0.15) is 18.2 Å². The quantitative estimate of drug-likeness (QED) is 0.502. The molecule has 1 saturated heterocycles. The van der Waals surface area contributed by atoms with Crippen molar-refractivity contribution in [3.05, 3.63) is 58.1 Å². The number of aromatic nitrogens is 5. The molecule has 5 rings (SSSR count). The summed E-state index contributed by atoms with van der Waals surface area (Å²) in [4.78, 5) is 25.2. The normalized spacial score (nSPS) is 14.0. The molecule has 3 aromatic heterocycles. The maximum absolute atomic E-state index is 13.6. The highest BCUT2D eigenvalue weighted by Gasteiger charge is 2.21. The van der Waals surface area contributed by atoms with Crippen LogP contribution < -0.4 is 15.8 Å². The molecule has 8 nitrogen and oxygen atoms in total. The lowest BCUT2D eigenvalue weighted by Gasteiger charge is -2.28. The van der Waals surface area contributed by atoms with Gasteiger partial charge >= 0.3 is 0 Å². The molecule has 0 amide bonds. The van der Waals surface area contributed by atoms with Crippen molar-refractivity contribution < 1.29 is 0 Å². The number of anilines is 1. The van der Waals surface area contributed by atoms with Gasteiger partial charge in [-0.25, -0.2) is 9.67 Å². The molecule has 4 aromatic rings. The Morgan fingerprint density at radius 3 is 2.75 bits per heavy atom. The molecular formula is C24H25N7O. The Bertz CT molecular complexity index is 1420. The summed E-state index contributed by atoms with van der Waals surface area (Å²) in [6.45, 7) is 8.02. The van der Waals surface area contributed by atoms with E-state index >= 15 is 0 Å². The predicted molar refractivity (Wildman–Crippen MR) is 126 cm³/mol. The molecule has 32 heavy (non-hydrogen) atoms. The van der Waals surface area contributed by atoms with Gasteiger partial charge in [-0.05, 0) is 31.5 Å². The third kappa shape index (κ3) is 3.61. The fraction of sp³-hybridized carbons (Fsp3) is 0.333. The summed E-state index contributed by atoms with van der Waals surface area (Å²) in [5.41, 5.74) is 3.84. The van der Waals surface area contributed by atoms with E-state index in [2.05, 4.69) is 32.1 Å². The summed E-state index contributed by atoms with van der Waals surface area (Å²) < 4.78 is 3.45. The van der Waals surface area contributed by atoms with E-state index in [0.717, 1.165) is 54.3 Å². The maximum Gasteiger partial charge on any atom is 0.293 e. The van der Waals surface area contributed by atoms with E-state index < -0.39 is 0 Å². The first-order valence-corrected chi connectivity index (χ1v) is 10.8. The van der Waals surface area contributed by atoms with Crippen molar-refractivity contribution in [3.63, 3.8) is 0 Å². The monoisotopic (exact) mass is 427 g/mol. The standard InChI is InChI=1S/C24H25N7O/c1-3-4-11-30-22-21(28-24(30)29-12-9-25-10-13-29)15-26-31(23(22)32)16-18-14-17(2)27-20-8-6-5-7-19(18)20/h5-8,14-15,25H,9-13,16H2,1-2H3. The van der Waals surface area contributed by atoms with Crippen LogP contribution in [0.25, 0.3) is 21.9 Å². The van der Waals surface area contributed by atoms with Gasteiger partial charge in [-0.3, -0.25) is 14.3 Å². The van der Waals surface area contributed by atoms with E-state index in [1.54, 1.807) is 13.1 Å². The molecule has 0 aliphatic carbocycles. The van der Waals surface area contributed by atoms with Gasteiger partial charge in [0.1, 0.15) is 11.0 Å². The van der Waals surface area contributed by atoms with Gasteiger partial charge in [-0.15, -0.1) is 5.92 Å². The summed E-state index contributed by atoms with van der Waals surface area (Å²) in [5, 5.41) is 8.84. The molecular weight excluding hydrogens is 402 g/mol. The molecule has 1 aliphatic rings. The fourth-order valence-electron chi connectivity index (χ4n) is 4.29. The maximum atomic E-state index is 13.6. The van der Waals surface area contributed by atoms with Crippen LogP contribution in [0, 0.1) is 18.8 Å². The highest BCUT2D eigenvalue weighted by Crippen LogP contribution is 2.22. The first kappa shape index (κ1) is 20.2. The Balaban J connectivity index is 1.63. The van der Waals surface area contributed by atoms with Gasteiger partial charge in [0.2, 0.25) is 5.95 Å². The summed E-state index contributed by atoms with van der Waals surface area (Å²) in [6, 6.07) is 10.0. The number of pyridine rings is 1. The smallest absolute Gasteiger partial charge is 0.293 e. The van der Waals surface area contributed by atoms with E-state index in [9.17, 15) is 4.79 Å². The van der Waals surface area contributed by atoms with Crippen LogP contribution in [0.4, 0.5) is 5.95 Å². The third-order valence-electron chi connectivity index (χ3n) is 5.79. The second-order valence-corrected chi connectivity index (χ2v) is 7.94. The Hall–Kier alpha value is -3.70. The van der Waals surface area contributed by atoms with Crippen LogP contribution in [-0.2, 0) is 13.1 Å². The van der Waals surface area contributed by atoms with Crippen molar-refractivity contribution >= 4 is 27.9 Å². The van der Waals surface area contributed by atoms with Crippen LogP contribution in [0.2, 0.25) is 0 Å². The molecule has 8 heteroatoms. The molecule has 1 aliphatic heterocycles. The number of nitrogens with zero attached hydrogens (tertiary/aromatic N) is 6. The van der Waals surface area contributed by atoms with Crippen molar-refractivity contribution in [2.24, 2.45) is 0 Å². The molecule has 0 unspecified atom stereocenters. The number of rotatable bonds is 4. The second-order valence-electron chi connectivity index (χ2n) is 7.94. The van der Waals surface area contributed by atoms with Crippen LogP contribution in [0.15, 0.2) is 41.3 Å². The Labute approximate surface area is 185 Å². The number of nitrogens with one attached hydrogen (secondary N) is 1. The van der Waals surface area contributed by atoms with Crippen LogP contribution in [-0.4, -0.2) is 50.5 Å². The van der Waals surface area contributed by atoms with E-state index in [4.69, 9.17) is 4.98 Å². The molecule has 4 heterocycles. The van der Waals surface area contributed by atoms with Gasteiger partial charge in [-0.1, -0.05) is 24.1 Å². The minimum Gasteiger partial charge on any atom is -0.340 e. The number of hydrogen-bond acceptors (Lipinski definition) is 6. The summed E-state index contributed by atoms with van der Waals surface area (Å²) in [5.74, 6) is 6.83. The number of benzene rings is 1. The van der Waals surface area contributed by atoms with Crippen LogP contribution in [0.3, 0.4) is 0 Å². The summed E-state index contributed by atoms with van der Waals surface area (Å²) in [7, 11) is 0. The van der Waals surface area contributed by atoms with Crippen LogP contribution in [0.5, 0.6) is 0 Å². The Morgan fingerprint density at radius 2 is 1.94 bits per heavy atom. The van der Waals surface area contributed by atoms with Crippen molar-refractivity contribution in [2.75, 3.05) is 31.1 Å². The summed E-state index contributed by atoms with van der Waals surface area (Å²) in [6.07, 6.45) is 1.69. The topological polar surface area (TPSA) is 80.9 Å². The van der Waals surface area contributed by atoms with Crippen molar-refractivity contribution in [2.45, 2.75) is 26.9 Å². The first-order chi connectivity index (χ1) is 15.7. The number of imidazole rings is 1. The van der Waals surface area contributed by atoms with Crippen molar-refractivity contribution in [3.8, 4) is 11.8 Å². The zero-order valence-electron chi connectivity index (χ0n) is 18.3. The molecule has 0 spiro atoms. The molecule has 0 radical (unpaired) electrons. The van der Waals surface area contributed by atoms with Gasteiger partial charge < -0.3 is 10.2 Å². The molecule has 1 aromatic carbocycles. The molecule has 1 N–H and O–H groups in total. The number of hydrogen-bond donors (Lipinski definition) is 1. The second kappa shape index (κ2) is 8.44. The van der Waals surface area contributed by atoms with Crippen molar-refractivity contribution in [1.82, 2.24) is 29.6 Å². The average molecular weight is 428 g/mol. The lowest BCUT2D eigenvalue weighted by Crippen LogP contribution is -2.44. The number of fused-ring (bicyclic) bond motifs is 2. The fourth-order valence-corrected chi connectivity index (χ4v) is 4.29. The summed E-state index contributed by atoms with van der Waals surface area (Å²) >= 11 is 0. The van der Waals surface area contributed by atoms with Crippen LogP contribution >= 0.6 is 0 Å². The Morgan fingerprint density at radius 1 is 1.12 bits per heavy atom. The highest BCUT2D eigenvalue weighted by molar-refractivity contribution is 5.82. The SMILES string of the molecule is CC#CCn1c(N2CCNCC2)nc2cnn(Cc3cc(C)nc4ccccc34)c(=O)c21. The number of para-hydroxylation sites is 1. The Kier molecular flexibility index (Phi) is 5.33. The van der Waals surface area contributed by atoms with E-state index in [1.165, 1.54) is 4.68 Å². The van der Waals surface area contributed by atoms with Gasteiger partial charge in [0.25, 0.3) is 5.56 Å². The number of aryl methyl sites for hydroxylation is 1. The highest BCUT2D eigenvalue weighted by atomic mass is 16.1. The first-order valence-electron chi connectivity index (χ1n) is 10.8. The zero-order valence-corrected chi connectivity index (χ0v) is 18.3. The molecule has 1 fully saturated rings. The minimum atomic E-state index is -0.159. The zero-order chi connectivity index (χ0) is 22.1. The molecule has 0 saturated carbocycles. The van der Waals surface area contributed by atoms with Gasteiger partial charge in [0.15, 0.2) is 0 Å². The van der Waals surface area contributed by atoms with E-state index in [-0.39, 0.29) is 5.56 Å². The van der Waals surface area contributed by atoms with Gasteiger partial charge in [0.05, 0.1) is 24.8 Å². The largest absolute Gasteiger partial charge is 0.340 e. The van der Waals surface area contributed by atoms with E-state index in [0.29, 0.717) is 24.1 Å². The lowest BCUT2D eigenvalue weighted by atomic mass is 10.1. The average Bonchev–Trinajstić information content (AvgIpc) is 3.19. The molecule has 0 atom stereocenters. The molecule has 162 valence electrons. The van der Waals surface area contributed by atoms with Gasteiger partial charge in [0, 0.05) is 37.3 Å². The van der Waals surface area contributed by atoms with Gasteiger partial charge in [-0.2, -0.15) is 5.10 Å². The van der Waals surface area contributed by atoms with Crippen molar-refractivity contribution in [1.29, 1.82) is 0 Å².